The molecule has 0 spiro atoms. The van der Waals surface area contributed by atoms with Crippen molar-refractivity contribution in [2.45, 2.75) is 19.3 Å². The van der Waals surface area contributed by atoms with Gasteiger partial charge in [0.1, 0.15) is 5.82 Å². The van der Waals surface area contributed by atoms with Gasteiger partial charge in [-0.25, -0.2) is 4.39 Å². The van der Waals surface area contributed by atoms with E-state index in [1.165, 1.54) is 25.3 Å². The molecule has 0 aromatic heterocycles. The number of halogens is 2. The zero-order chi connectivity index (χ0) is 12.4. The van der Waals surface area contributed by atoms with E-state index in [4.69, 9.17) is 0 Å². The molecule has 0 unspecified atom stereocenters. The van der Waals surface area contributed by atoms with E-state index in [9.17, 15) is 9.18 Å². The SMILES string of the molecule is CN(CC1CCC1)C(=O)c1cccc(F)c1Br. The van der Waals surface area contributed by atoms with Gasteiger partial charge in [0, 0.05) is 13.6 Å². The molecule has 1 aliphatic carbocycles. The monoisotopic (exact) mass is 299 g/mol. The maximum absolute atomic E-state index is 13.3. The first kappa shape index (κ1) is 12.6. The lowest BCUT2D eigenvalue weighted by Gasteiger charge is -2.30. The molecule has 0 atom stereocenters. The van der Waals surface area contributed by atoms with Gasteiger partial charge >= 0.3 is 0 Å². The predicted molar refractivity (Wildman–Crippen MR) is 68.4 cm³/mol. The molecule has 4 heteroatoms. The molecule has 1 aliphatic rings. The van der Waals surface area contributed by atoms with E-state index < -0.39 is 5.82 Å². The maximum atomic E-state index is 13.3. The van der Waals surface area contributed by atoms with Crippen LogP contribution in [0, 0.1) is 11.7 Å². The van der Waals surface area contributed by atoms with Crippen LogP contribution in [0.1, 0.15) is 29.6 Å². The lowest BCUT2D eigenvalue weighted by Crippen LogP contribution is -2.34. The maximum Gasteiger partial charge on any atom is 0.254 e. The highest BCUT2D eigenvalue weighted by atomic mass is 79.9. The second-order valence-electron chi connectivity index (χ2n) is 4.58. The highest BCUT2D eigenvalue weighted by molar-refractivity contribution is 9.10. The van der Waals surface area contributed by atoms with Crippen LogP contribution >= 0.6 is 15.9 Å². The van der Waals surface area contributed by atoms with Gasteiger partial charge in [-0.05, 0) is 46.8 Å². The Labute approximate surface area is 109 Å². The van der Waals surface area contributed by atoms with Crippen LogP contribution < -0.4 is 0 Å². The van der Waals surface area contributed by atoms with Gasteiger partial charge in [-0.1, -0.05) is 12.5 Å². The number of hydrogen-bond acceptors (Lipinski definition) is 1. The fourth-order valence-electron chi connectivity index (χ4n) is 2.02. The number of nitrogens with zero attached hydrogens (tertiary/aromatic N) is 1. The Bertz CT molecular complexity index is 431. The standard InChI is InChI=1S/C13H15BrFNO/c1-16(8-9-4-2-5-9)13(17)10-6-3-7-11(15)12(10)14/h3,6-7,9H,2,4-5,8H2,1H3. The molecule has 2 nitrogen and oxygen atoms in total. The summed E-state index contributed by atoms with van der Waals surface area (Å²) in [5, 5.41) is 0. The van der Waals surface area contributed by atoms with E-state index in [0.29, 0.717) is 11.5 Å². The minimum atomic E-state index is -0.395. The van der Waals surface area contributed by atoms with Crippen LogP contribution in [0.25, 0.3) is 0 Å². The summed E-state index contributed by atoms with van der Waals surface area (Å²) in [6, 6.07) is 4.55. The number of benzene rings is 1. The molecule has 2 rings (SSSR count). The van der Waals surface area contributed by atoms with Gasteiger partial charge in [0.25, 0.3) is 5.91 Å². The number of hydrogen-bond donors (Lipinski definition) is 0. The van der Waals surface area contributed by atoms with Crippen LogP contribution in [-0.4, -0.2) is 24.4 Å². The predicted octanol–water partition coefficient (Wildman–Crippen LogP) is 3.46. The number of carbonyl (C=O) groups excluding carboxylic acids is 1. The summed E-state index contributed by atoms with van der Waals surface area (Å²) in [6.45, 7) is 0.766. The fraction of sp³-hybridized carbons (Fsp3) is 0.462. The third kappa shape index (κ3) is 2.68. The quantitative estimate of drug-likeness (QED) is 0.837. The first-order chi connectivity index (χ1) is 8.09. The summed E-state index contributed by atoms with van der Waals surface area (Å²) >= 11 is 3.12. The average Bonchev–Trinajstić information content (AvgIpc) is 2.26. The smallest absolute Gasteiger partial charge is 0.254 e. The van der Waals surface area contributed by atoms with Gasteiger partial charge in [0.05, 0.1) is 10.0 Å². The van der Waals surface area contributed by atoms with Gasteiger partial charge < -0.3 is 4.90 Å². The van der Waals surface area contributed by atoms with E-state index in [1.807, 2.05) is 0 Å². The van der Waals surface area contributed by atoms with Gasteiger partial charge in [0.2, 0.25) is 0 Å². The Morgan fingerprint density at radius 2 is 2.24 bits per heavy atom. The van der Waals surface area contributed by atoms with Crippen LogP contribution in [0.3, 0.4) is 0 Å². The second kappa shape index (κ2) is 5.17. The average molecular weight is 300 g/mol. The molecule has 1 aromatic rings. The highest BCUT2D eigenvalue weighted by Gasteiger charge is 2.23. The molecule has 0 radical (unpaired) electrons. The van der Waals surface area contributed by atoms with Crippen LogP contribution in [0.5, 0.6) is 0 Å². The Kier molecular flexibility index (Phi) is 3.82. The van der Waals surface area contributed by atoms with Crippen LogP contribution in [-0.2, 0) is 0 Å². The molecule has 92 valence electrons. The molecule has 0 aliphatic heterocycles. The fourth-order valence-corrected chi connectivity index (χ4v) is 2.45. The van der Waals surface area contributed by atoms with E-state index in [2.05, 4.69) is 15.9 Å². The van der Waals surface area contributed by atoms with Crippen molar-refractivity contribution >= 4 is 21.8 Å². The Morgan fingerprint density at radius 3 is 2.82 bits per heavy atom. The molecule has 1 amide bonds. The molecule has 0 heterocycles. The topological polar surface area (TPSA) is 20.3 Å². The van der Waals surface area contributed by atoms with Crippen molar-refractivity contribution in [2.75, 3.05) is 13.6 Å². The Morgan fingerprint density at radius 1 is 1.53 bits per heavy atom. The van der Waals surface area contributed by atoms with E-state index in [1.54, 1.807) is 24.1 Å². The molecular weight excluding hydrogens is 285 g/mol. The lowest BCUT2D eigenvalue weighted by atomic mass is 9.85. The van der Waals surface area contributed by atoms with Gasteiger partial charge in [-0.3, -0.25) is 4.79 Å². The van der Waals surface area contributed by atoms with Crippen LogP contribution in [0.4, 0.5) is 4.39 Å². The Hall–Kier alpha value is -0.900. The van der Waals surface area contributed by atoms with E-state index in [-0.39, 0.29) is 10.4 Å². The zero-order valence-corrected chi connectivity index (χ0v) is 11.3. The Balaban J connectivity index is 2.09. The molecule has 0 N–H and O–H groups in total. The van der Waals surface area contributed by atoms with Crippen molar-refractivity contribution in [3.05, 3.63) is 34.1 Å². The number of amides is 1. The summed E-state index contributed by atoms with van der Waals surface area (Å²) in [5.74, 6) is 0.104. The molecule has 0 saturated heterocycles. The largest absolute Gasteiger partial charge is 0.341 e. The van der Waals surface area contributed by atoms with Crippen molar-refractivity contribution in [3.8, 4) is 0 Å². The first-order valence-corrected chi connectivity index (χ1v) is 6.58. The van der Waals surface area contributed by atoms with E-state index in [0.717, 1.165) is 6.54 Å². The van der Waals surface area contributed by atoms with Gasteiger partial charge in [0.15, 0.2) is 0 Å². The van der Waals surface area contributed by atoms with Crippen LogP contribution in [0.2, 0.25) is 0 Å². The van der Waals surface area contributed by atoms with Crippen molar-refractivity contribution in [2.24, 2.45) is 5.92 Å². The van der Waals surface area contributed by atoms with Crippen molar-refractivity contribution in [1.29, 1.82) is 0 Å². The van der Waals surface area contributed by atoms with Crippen molar-refractivity contribution < 1.29 is 9.18 Å². The zero-order valence-electron chi connectivity index (χ0n) is 9.75. The molecule has 17 heavy (non-hydrogen) atoms. The highest BCUT2D eigenvalue weighted by Crippen LogP contribution is 2.28. The number of rotatable bonds is 3. The molecule has 1 saturated carbocycles. The van der Waals surface area contributed by atoms with Crippen LogP contribution in [0.15, 0.2) is 22.7 Å². The third-order valence-electron chi connectivity index (χ3n) is 3.29. The first-order valence-electron chi connectivity index (χ1n) is 5.79. The molecular formula is C13H15BrFNO. The second-order valence-corrected chi connectivity index (χ2v) is 5.38. The van der Waals surface area contributed by atoms with E-state index >= 15 is 0 Å². The minimum Gasteiger partial charge on any atom is -0.341 e. The van der Waals surface area contributed by atoms with Gasteiger partial charge in [-0.2, -0.15) is 0 Å². The summed E-state index contributed by atoms with van der Waals surface area (Å²) in [4.78, 5) is 13.8. The minimum absolute atomic E-state index is 0.122. The molecule has 0 bridgehead atoms. The van der Waals surface area contributed by atoms with Gasteiger partial charge in [-0.15, -0.1) is 0 Å². The number of carbonyl (C=O) groups is 1. The summed E-state index contributed by atoms with van der Waals surface area (Å²) < 4.78 is 13.6. The molecule has 1 fully saturated rings. The van der Waals surface area contributed by atoms with Crippen molar-refractivity contribution in [1.82, 2.24) is 4.90 Å². The summed E-state index contributed by atoms with van der Waals surface area (Å²) in [6.07, 6.45) is 3.65. The van der Waals surface area contributed by atoms with Crippen molar-refractivity contribution in [3.63, 3.8) is 0 Å². The normalized spacial score (nSPS) is 15.5. The lowest BCUT2D eigenvalue weighted by molar-refractivity contribution is 0.0743. The summed E-state index contributed by atoms with van der Waals surface area (Å²) in [7, 11) is 1.78. The summed E-state index contributed by atoms with van der Waals surface area (Å²) in [5.41, 5.74) is 0.395. The molecule has 1 aromatic carbocycles. The third-order valence-corrected chi connectivity index (χ3v) is 4.09.